The lowest BCUT2D eigenvalue weighted by molar-refractivity contribution is -0.123. The third kappa shape index (κ3) is 7.14. The fourth-order valence-corrected chi connectivity index (χ4v) is 3.48. The normalized spacial score (nSPS) is 24.0. The Balaban J connectivity index is 0.00000242. The van der Waals surface area contributed by atoms with E-state index in [1.54, 1.807) is 0 Å². The van der Waals surface area contributed by atoms with Gasteiger partial charge in [0.15, 0.2) is 0 Å². The molecule has 0 aromatic heterocycles. The summed E-state index contributed by atoms with van der Waals surface area (Å²) in [6.07, 6.45) is 8.08. The van der Waals surface area contributed by atoms with Crippen molar-refractivity contribution in [1.82, 2.24) is 15.5 Å². The van der Waals surface area contributed by atoms with E-state index in [1.807, 2.05) is 0 Å². The van der Waals surface area contributed by atoms with Crippen LogP contribution in [-0.4, -0.2) is 62.8 Å². The second kappa shape index (κ2) is 11.5. The summed E-state index contributed by atoms with van der Waals surface area (Å²) in [5.41, 5.74) is 0.142. The van der Waals surface area contributed by atoms with Gasteiger partial charge >= 0.3 is 0 Å². The second-order valence-corrected chi connectivity index (χ2v) is 6.74. The molecule has 0 bridgehead atoms. The molecule has 5 nitrogen and oxygen atoms in total. The molecule has 2 N–H and O–H groups in total. The Labute approximate surface area is 153 Å². The summed E-state index contributed by atoms with van der Waals surface area (Å²) in [6.45, 7) is 3.01. The topological polar surface area (TPSA) is 53.6 Å². The highest BCUT2D eigenvalue weighted by molar-refractivity contribution is 5.85. The van der Waals surface area contributed by atoms with E-state index >= 15 is 0 Å². The van der Waals surface area contributed by atoms with Gasteiger partial charge in [-0.05, 0) is 26.9 Å². The van der Waals surface area contributed by atoms with Crippen LogP contribution in [0.4, 0.5) is 0 Å². The van der Waals surface area contributed by atoms with Crippen LogP contribution in [0.1, 0.15) is 44.9 Å². The van der Waals surface area contributed by atoms with E-state index in [4.69, 9.17) is 4.74 Å². The predicted octanol–water partition coefficient (Wildman–Crippen LogP) is 1.98. The van der Waals surface area contributed by atoms with Crippen molar-refractivity contribution in [2.45, 2.75) is 56.5 Å². The van der Waals surface area contributed by atoms with Crippen LogP contribution in [0.5, 0.6) is 0 Å². The number of amides is 1. The van der Waals surface area contributed by atoms with Gasteiger partial charge in [-0.15, -0.1) is 24.8 Å². The van der Waals surface area contributed by atoms with E-state index in [9.17, 15) is 4.79 Å². The Kier molecular flexibility index (Phi) is 11.4. The average Bonchev–Trinajstić information content (AvgIpc) is 2.73. The highest BCUT2D eigenvalue weighted by Crippen LogP contribution is 2.30. The van der Waals surface area contributed by atoms with Crippen molar-refractivity contribution in [2.75, 3.05) is 40.4 Å². The van der Waals surface area contributed by atoms with Gasteiger partial charge in [-0.2, -0.15) is 0 Å². The smallest absolute Gasteiger partial charge is 0.221 e. The largest absolute Gasteiger partial charge is 0.378 e. The molecule has 1 aliphatic heterocycles. The summed E-state index contributed by atoms with van der Waals surface area (Å²) in [5.74, 6) is 0.142. The lowest BCUT2D eigenvalue weighted by Crippen LogP contribution is -2.53. The number of ether oxygens (including phenoxy) is 1. The molecule has 1 unspecified atom stereocenters. The van der Waals surface area contributed by atoms with Gasteiger partial charge in [0.05, 0.1) is 13.2 Å². The minimum atomic E-state index is 0. The van der Waals surface area contributed by atoms with Crippen molar-refractivity contribution < 1.29 is 9.53 Å². The molecule has 1 saturated heterocycles. The van der Waals surface area contributed by atoms with Gasteiger partial charge in [-0.25, -0.2) is 0 Å². The molecule has 1 aliphatic carbocycles. The van der Waals surface area contributed by atoms with Crippen LogP contribution in [-0.2, 0) is 9.53 Å². The Morgan fingerprint density at radius 2 is 1.87 bits per heavy atom. The highest BCUT2D eigenvalue weighted by atomic mass is 35.5. The van der Waals surface area contributed by atoms with Crippen LogP contribution in [0.2, 0.25) is 0 Å². The van der Waals surface area contributed by atoms with Crippen LogP contribution >= 0.6 is 24.8 Å². The standard InChI is InChI=1S/C16H31N3O2.2ClH/c1-19(2)16(7-5-3-4-6-8-16)13-18-15(20)11-14-12-21-10-9-17-14;;/h14,17H,3-13H2,1-2H3,(H,18,20);2*1H. The highest BCUT2D eigenvalue weighted by Gasteiger charge is 2.33. The van der Waals surface area contributed by atoms with Gasteiger partial charge in [0.1, 0.15) is 0 Å². The summed E-state index contributed by atoms with van der Waals surface area (Å²) < 4.78 is 5.40. The van der Waals surface area contributed by atoms with Gasteiger partial charge in [0.25, 0.3) is 0 Å². The fraction of sp³-hybridized carbons (Fsp3) is 0.938. The molecule has 1 heterocycles. The van der Waals surface area contributed by atoms with Gasteiger partial charge in [0, 0.05) is 31.1 Å². The van der Waals surface area contributed by atoms with E-state index < -0.39 is 0 Å². The molecule has 7 heteroatoms. The number of hydrogen-bond donors (Lipinski definition) is 2. The average molecular weight is 370 g/mol. The van der Waals surface area contributed by atoms with Gasteiger partial charge in [-0.3, -0.25) is 4.79 Å². The number of morpholine rings is 1. The number of hydrogen-bond acceptors (Lipinski definition) is 4. The number of rotatable bonds is 5. The molecule has 0 aromatic rings. The van der Waals surface area contributed by atoms with E-state index in [0.29, 0.717) is 13.0 Å². The van der Waals surface area contributed by atoms with Gasteiger partial charge < -0.3 is 20.3 Å². The zero-order chi connectivity index (χ0) is 15.1. The minimum Gasteiger partial charge on any atom is -0.378 e. The van der Waals surface area contributed by atoms with Crippen molar-refractivity contribution in [1.29, 1.82) is 0 Å². The van der Waals surface area contributed by atoms with Crippen LogP contribution in [0.15, 0.2) is 0 Å². The maximum absolute atomic E-state index is 12.2. The maximum atomic E-state index is 12.2. The minimum absolute atomic E-state index is 0. The molecule has 0 aromatic carbocycles. The summed E-state index contributed by atoms with van der Waals surface area (Å²) in [4.78, 5) is 14.5. The van der Waals surface area contributed by atoms with E-state index in [1.165, 1.54) is 38.5 Å². The Hall–Kier alpha value is -0.0700. The first-order chi connectivity index (χ1) is 10.1. The van der Waals surface area contributed by atoms with Crippen molar-refractivity contribution in [2.24, 2.45) is 0 Å². The zero-order valence-electron chi connectivity index (χ0n) is 14.4. The number of likely N-dealkylation sites (N-methyl/N-ethyl adjacent to an activating group) is 1. The Morgan fingerprint density at radius 1 is 1.22 bits per heavy atom. The first kappa shape index (κ1) is 22.9. The Morgan fingerprint density at radius 3 is 2.39 bits per heavy atom. The number of carbonyl (C=O) groups is 1. The zero-order valence-corrected chi connectivity index (χ0v) is 16.1. The third-order valence-corrected chi connectivity index (χ3v) is 5.03. The molecular weight excluding hydrogens is 337 g/mol. The lowest BCUT2D eigenvalue weighted by Gasteiger charge is -2.40. The van der Waals surface area contributed by atoms with Crippen molar-refractivity contribution in [3.05, 3.63) is 0 Å². The number of halogens is 2. The molecule has 1 saturated carbocycles. The molecule has 2 aliphatic rings. The molecule has 138 valence electrons. The molecule has 2 fully saturated rings. The van der Waals surface area contributed by atoms with E-state index in [2.05, 4.69) is 29.6 Å². The quantitative estimate of drug-likeness (QED) is 0.727. The van der Waals surface area contributed by atoms with E-state index in [-0.39, 0.29) is 42.3 Å². The van der Waals surface area contributed by atoms with Gasteiger partial charge in [0.2, 0.25) is 5.91 Å². The molecule has 0 spiro atoms. The van der Waals surface area contributed by atoms with E-state index in [0.717, 1.165) is 19.7 Å². The fourth-order valence-electron chi connectivity index (χ4n) is 3.48. The number of nitrogens with one attached hydrogen (secondary N) is 2. The Bertz CT molecular complexity index is 329. The van der Waals surface area contributed by atoms with Crippen molar-refractivity contribution >= 4 is 30.7 Å². The first-order valence-electron chi connectivity index (χ1n) is 8.38. The molecule has 0 radical (unpaired) electrons. The summed E-state index contributed by atoms with van der Waals surface area (Å²) in [5, 5.41) is 6.51. The SMILES string of the molecule is CN(C)C1(CNC(=O)CC2COCCN2)CCCCCC1.Cl.Cl. The van der Waals surface area contributed by atoms with Crippen LogP contribution in [0.3, 0.4) is 0 Å². The van der Waals surface area contributed by atoms with Gasteiger partial charge in [-0.1, -0.05) is 25.7 Å². The molecule has 2 rings (SSSR count). The molecule has 23 heavy (non-hydrogen) atoms. The second-order valence-electron chi connectivity index (χ2n) is 6.74. The third-order valence-electron chi connectivity index (χ3n) is 5.03. The maximum Gasteiger partial charge on any atom is 0.221 e. The van der Waals surface area contributed by atoms with Crippen LogP contribution < -0.4 is 10.6 Å². The molecular formula is C16H33Cl2N3O2. The first-order valence-corrected chi connectivity index (χ1v) is 8.38. The monoisotopic (exact) mass is 369 g/mol. The summed E-state index contributed by atoms with van der Waals surface area (Å²) in [7, 11) is 4.29. The van der Waals surface area contributed by atoms with Crippen molar-refractivity contribution in [3.63, 3.8) is 0 Å². The molecule has 1 atom stereocenters. The predicted molar refractivity (Wildman–Crippen MR) is 98.9 cm³/mol. The number of nitrogens with zero attached hydrogens (tertiary/aromatic N) is 1. The summed E-state index contributed by atoms with van der Waals surface area (Å²) in [6, 6.07) is 0.170. The van der Waals surface area contributed by atoms with Crippen LogP contribution in [0, 0.1) is 0 Å². The van der Waals surface area contributed by atoms with Crippen molar-refractivity contribution in [3.8, 4) is 0 Å². The lowest BCUT2D eigenvalue weighted by atomic mass is 9.88. The number of carbonyl (C=O) groups excluding carboxylic acids is 1. The molecule has 1 amide bonds. The summed E-state index contributed by atoms with van der Waals surface area (Å²) >= 11 is 0. The van der Waals surface area contributed by atoms with Crippen LogP contribution in [0.25, 0.3) is 0 Å².